The van der Waals surface area contributed by atoms with Gasteiger partial charge in [-0.05, 0) is 60.7 Å². The minimum absolute atomic E-state index is 0.255. The van der Waals surface area contributed by atoms with Crippen molar-refractivity contribution in [1.82, 2.24) is 5.32 Å². The van der Waals surface area contributed by atoms with Crippen molar-refractivity contribution >= 4 is 17.5 Å². The van der Waals surface area contributed by atoms with Gasteiger partial charge in [-0.15, -0.1) is 0 Å². The Morgan fingerprint density at radius 3 is 2.27 bits per heavy atom. The summed E-state index contributed by atoms with van der Waals surface area (Å²) in [6.07, 6.45) is 0. The van der Waals surface area contributed by atoms with Gasteiger partial charge in [0.05, 0.1) is 6.54 Å². The molecule has 0 fully saturated rings. The van der Waals surface area contributed by atoms with Crippen LogP contribution in [0.15, 0.2) is 42.5 Å². The van der Waals surface area contributed by atoms with Gasteiger partial charge >= 0.3 is 11.8 Å². The van der Waals surface area contributed by atoms with Crippen LogP contribution < -0.4 is 15.4 Å². The molecule has 0 aliphatic rings. The molecule has 2 N–H and O–H groups in total. The summed E-state index contributed by atoms with van der Waals surface area (Å²) in [5.74, 6) is -0.201. The maximum Gasteiger partial charge on any atom is 0.313 e. The molecular weight excluding hydrogens is 328 g/mol. The van der Waals surface area contributed by atoms with Crippen molar-refractivity contribution in [1.29, 1.82) is 0 Å². The summed E-state index contributed by atoms with van der Waals surface area (Å²) in [5, 5.41) is 5.14. The van der Waals surface area contributed by atoms with E-state index in [2.05, 4.69) is 24.5 Å². The molecule has 0 aliphatic heterocycles. The molecule has 2 amide bonds. The van der Waals surface area contributed by atoms with E-state index in [1.54, 1.807) is 12.1 Å². The molecule has 2 aromatic carbocycles. The predicted octanol–water partition coefficient (Wildman–Crippen LogP) is 3.56. The first-order valence-electron chi connectivity index (χ1n) is 8.76. The second-order valence-corrected chi connectivity index (χ2v) is 6.58. The Morgan fingerprint density at radius 1 is 0.962 bits per heavy atom. The lowest BCUT2D eigenvalue weighted by Crippen LogP contribution is -2.37. The minimum atomic E-state index is -0.687. The molecule has 0 aliphatic carbocycles. The Kier molecular flexibility index (Phi) is 6.78. The third-order valence-electron chi connectivity index (χ3n) is 4.18. The van der Waals surface area contributed by atoms with Crippen molar-refractivity contribution in [3.8, 4) is 5.75 Å². The zero-order valence-corrected chi connectivity index (χ0v) is 15.8. The van der Waals surface area contributed by atoms with Crippen LogP contribution in [0.4, 0.5) is 5.69 Å². The van der Waals surface area contributed by atoms with Crippen LogP contribution in [0.2, 0.25) is 0 Å². The summed E-state index contributed by atoms with van der Waals surface area (Å²) >= 11 is 0. The number of hydrogen-bond acceptors (Lipinski definition) is 3. The van der Waals surface area contributed by atoms with Gasteiger partial charge in [0, 0.05) is 5.69 Å². The highest BCUT2D eigenvalue weighted by molar-refractivity contribution is 6.39. The molecule has 0 heterocycles. The monoisotopic (exact) mass is 354 g/mol. The molecule has 2 rings (SSSR count). The first-order valence-corrected chi connectivity index (χ1v) is 8.76. The highest BCUT2D eigenvalue weighted by atomic mass is 16.5. The molecule has 0 atom stereocenters. The molecule has 26 heavy (non-hydrogen) atoms. The Bertz CT molecular complexity index is 767. The lowest BCUT2D eigenvalue weighted by Gasteiger charge is -2.10. The maximum atomic E-state index is 11.9. The van der Waals surface area contributed by atoms with E-state index in [1.807, 2.05) is 44.2 Å². The molecule has 0 saturated carbocycles. The van der Waals surface area contributed by atoms with Crippen molar-refractivity contribution < 1.29 is 14.3 Å². The molecule has 5 heteroatoms. The number of nitrogens with one attached hydrogen (secondary N) is 2. The van der Waals surface area contributed by atoms with Crippen LogP contribution in [0.25, 0.3) is 0 Å². The molecule has 0 radical (unpaired) electrons. The standard InChI is InChI=1S/C21H26N2O3/c1-14(2)17-6-8-18(9-7-17)23-21(25)20(24)22-11-12-26-19-10-5-15(3)16(4)13-19/h5-10,13-14H,11-12H2,1-4H3,(H,22,24)(H,23,25). The largest absolute Gasteiger partial charge is 0.492 e. The Morgan fingerprint density at radius 2 is 1.65 bits per heavy atom. The number of rotatable bonds is 6. The van der Waals surface area contributed by atoms with E-state index >= 15 is 0 Å². The Balaban J connectivity index is 1.74. The van der Waals surface area contributed by atoms with Gasteiger partial charge in [0.1, 0.15) is 12.4 Å². The summed E-state index contributed by atoms with van der Waals surface area (Å²) in [7, 11) is 0. The number of hydrogen-bond donors (Lipinski definition) is 2. The summed E-state index contributed by atoms with van der Waals surface area (Å²) < 4.78 is 5.58. The number of carbonyl (C=O) groups is 2. The minimum Gasteiger partial charge on any atom is -0.492 e. The average molecular weight is 354 g/mol. The predicted molar refractivity (Wildman–Crippen MR) is 104 cm³/mol. The van der Waals surface area contributed by atoms with Crippen LogP contribution in [0, 0.1) is 13.8 Å². The van der Waals surface area contributed by atoms with Gasteiger partial charge in [0.25, 0.3) is 0 Å². The maximum absolute atomic E-state index is 11.9. The normalized spacial score (nSPS) is 10.5. The van der Waals surface area contributed by atoms with E-state index < -0.39 is 11.8 Å². The van der Waals surface area contributed by atoms with Crippen molar-refractivity contribution in [2.24, 2.45) is 0 Å². The number of amides is 2. The second-order valence-electron chi connectivity index (χ2n) is 6.58. The first-order chi connectivity index (χ1) is 12.4. The number of ether oxygens (including phenoxy) is 1. The van der Waals surface area contributed by atoms with E-state index in [1.165, 1.54) is 11.1 Å². The lowest BCUT2D eigenvalue weighted by molar-refractivity contribution is -0.136. The van der Waals surface area contributed by atoms with Gasteiger partial charge < -0.3 is 15.4 Å². The third kappa shape index (κ3) is 5.62. The van der Waals surface area contributed by atoms with E-state index in [9.17, 15) is 9.59 Å². The second kappa shape index (κ2) is 9.04. The van der Waals surface area contributed by atoms with Crippen LogP contribution in [0.3, 0.4) is 0 Å². The topological polar surface area (TPSA) is 67.4 Å². The van der Waals surface area contributed by atoms with Crippen molar-refractivity contribution in [2.45, 2.75) is 33.6 Å². The summed E-state index contributed by atoms with van der Waals surface area (Å²) in [6.45, 7) is 8.80. The Labute approximate surface area is 154 Å². The van der Waals surface area contributed by atoms with Crippen molar-refractivity contribution in [3.63, 3.8) is 0 Å². The molecular formula is C21H26N2O3. The quantitative estimate of drug-likeness (QED) is 0.616. The number of anilines is 1. The van der Waals surface area contributed by atoms with Crippen LogP contribution in [0.1, 0.15) is 36.5 Å². The van der Waals surface area contributed by atoms with Crippen LogP contribution >= 0.6 is 0 Å². The third-order valence-corrected chi connectivity index (χ3v) is 4.18. The smallest absolute Gasteiger partial charge is 0.313 e. The van der Waals surface area contributed by atoms with E-state index in [-0.39, 0.29) is 6.54 Å². The molecule has 2 aromatic rings. The number of carbonyl (C=O) groups excluding carboxylic acids is 2. The highest BCUT2D eigenvalue weighted by Gasteiger charge is 2.13. The van der Waals surface area contributed by atoms with Crippen LogP contribution in [-0.4, -0.2) is 25.0 Å². The van der Waals surface area contributed by atoms with Gasteiger partial charge in [-0.2, -0.15) is 0 Å². The van der Waals surface area contributed by atoms with E-state index in [0.717, 1.165) is 11.3 Å². The van der Waals surface area contributed by atoms with Crippen molar-refractivity contribution in [2.75, 3.05) is 18.5 Å². The van der Waals surface area contributed by atoms with Gasteiger partial charge in [0.15, 0.2) is 0 Å². The molecule has 0 spiro atoms. The fraction of sp³-hybridized carbons (Fsp3) is 0.333. The SMILES string of the molecule is Cc1ccc(OCCNC(=O)C(=O)Nc2ccc(C(C)C)cc2)cc1C. The van der Waals surface area contributed by atoms with Gasteiger partial charge in [-0.1, -0.05) is 32.0 Å². The zero-order valence-electron chi connectivity index (χ0n) is 15.8. The summed E-state index contributed by atoms with van der Waals surface area (Å²) in [5.41, 5.74) is 4.12. The summed E-state index contributed by atoms with van der Waals surface area (Å²) in [6, 6.07) is 13.3. The molecule has 138 valence electrons. The fourth-order valence-corrected chi connectivity index (χ4v) is 2.36. The van der Waals surface area contributed by atoms with Gasteiger partial charge in [-0.3, -0.25) is 9.59 Å². The zero-order chi connectivity index (χ0) is 19.1. The molecule has 0 aromatic heterocycles. The fourth-order valence-electron chi connectivity index (χ4n) is 2.36. The highest BCUT2D eigenvalue weighted by Crippen LogP contribution is 2.17. The van der Waals surface area contributed by atoms with Crippen molar-refractivity contribution in [3.05, 3.63) is 59.2 Å². The van der Waals surface area contributed by atoms with E-state index in [0.29, 0.717) is 18.2 Å². The molecule has 0 unspecified atom stereocenters. The molecule has 5 nitrogen and oxygen atoms in total. The lowest BCUT2D eigenvalue weighted by atomic mass is 10.0. The molecule has 0 saturated heterocycles. The Hall–Kier alpha value is -2.82. The van der Waals surface area contributed by atoms with E-state index in [4.69, 9.17) is 4.74 Å². The molecule has 0 bridgehead atoms. The van der Waals surface area contributed by atoms with Gasteiger partial charge in [-0.25, -0.2) is 0 Å². The number of aryl methyl sites for hydroxylation is 2. The van der Waals surface area contributed by atoms with Crippen LogP contribution in [-0.2, 0) is 9.59 Å². The average Bonchev–Trinajstić information content (AvgIpc) is 2.61. The number of benzene rings is 2. The first kappa shape index (κ1) is 19.5. The van der Waals surface area contributed by atoms with Crippen LogP contribution in [0.5, 0.6) is 5.75 Å². The summed E-state index contributed by atoms with van der Waals surface area (Å²) in [4.78, 5) is 23.8. The van der Waals surface area contributed by atoms with Gasteiger partial charge in [0.2, 0.25) is 0 Å².